The maximum Gasteiger partial charge on any atom is 0.311 e. The van der Waals surface area contributed by atoms with E-state index in [0.717, 1.165) is 61.3 Å². The molecule has 0 aliphatic carbocycles. The first kappa shape index (κ1) is 42.3. The molecule has 2 aliphatic rings. The molecule has 3 aromatic carbocycles. The maximum atomic E-state index is 14.2. The van der Waals surface area contributed by atoms with Crippen LogP contribution < -0.4 is 14.2 Å². The number of hydrogen-bond donors (Lipinski definition) is 0. The minimum absolute atomic E-state index is 0.0597. The number of para-hydroxylation sites is 2. The Labute approximate surface area is 354 Å². The van der Waals surface area contributed by atoms with Gasteiger partial charge in [0.25, 0.3) is 5.91 Å². The number of rotatable bonds is 17. The normalized spacial score (nSPS) is 17.4. The maximum absolute atomic E-state index is 14.2. The fraction of sp³-hybridized carbons (Fsp3) is 0.422. The number of nitrogens with zero attached hydrogens (tertiary/aromatic N) is 4. The molecule has 59 heavy (non-hydrogen) atoms. The largest absolute Gasteiger partial charge is 0.493 e. The van der Waals surface area contributed by atoms with Crippen LogP contribution >= 0.6 is 23.2 Å². The highest BCUT2D eigenvalue weighted by atomic mass is 35.5. The van der Waals surface area contributed by atoms with E-state index < -0.39 is 11.4 Å². The van der Waals surface area contributed by atoms with Gasteiger partial charge in [-0.25, -0.2) is 4.98 Å². The van der Waals surface area contributed by atoms with Crippen molar-refractivity contribution in [2.75, 3.05) is 53.6 Å². The first-order valence-corrected chi connectivity index (χ1v) is 20.9. The number of piperidine rings is 1. The molecule has 12 nitrogen and oxygen atoms in total. The summed E-state index contributed by atoms with van der Waals surface area (Å²) in [5, 5.41) is 0.933. The Bertz CT molecular complexity index is 2240. The first-order chi connectivity index (χ1) is 28.6. The number of carbonyl (C=O) groups is 3. The summed E-state index contributed by atoms with van der Waals surface area (Å²) in [4.78, 5) is 49.7. The number of ketones is 1. The van der Waals surface area contributed by atoms with Gasteiger partial charge in [-0.2, -0.15) is 0 Å². The Morgan fingerprint density at radius 1 is 0.915 bits per heavy atom. The van der Waals surface area contributed by atoms with Crippen LogP contribution in [0.4, 0.5) is 0 Å². The van der Waals surface area contributed by atoms with E-state index in [-0.39, 0.29) is 41.3 Å². The van der Waals surface area contributed by atoms with Gasteiger partial charge in [0.2, 0.25) is 11.5 Å². The fourth-order valence-corrected chi connectivity index (χ4v) is 8.60. The first-order valence-electron chi connectivity index (χ1n) is 20.2. The number of benzene rings is 3. The van der Waals surface area contributed by atoms with Gasteiger partial charge in [-0.05, 0) is 106 Å². The number of Topliss-reactive ketones (excluding diaryl/α,β-unsaturated/α-hetero) is 1. The number of likely N-dealkylation sites (tertiary alicyclic amines) is 2. The van der Waals surface area contributed by atoms with Gasteiger partial charge in [-0.15, -0.1) is 0 Å². The van der Waals surface area contributed by atoms with Crippen LogP contribution in [0.15, 0.2) is 77.4 Å². The number of halogens is 2. The minimum atomic E-state index is -0.412. The molecule has 2 saturated heterocycles. The third kappa shape index (κ3) is 9.46. The lowest BCUT2D eigenvalue weighted by Gasteiger charge is -2.36. The Morgan fingerprint density at radius 2 is 1.68 bits per heavy atom. The van der Waals surface area contributed by atoms with Gasteiger partial charge < -0.3 is 37.7 Å². The molecule has 0 saturated carbocycles. The smallest absolute Gasteiger partial charge is 0.311 e. The highest BCUT2D eigenvalue weighted by molar-refractivity contribution is 6.42. The second kappa shape index (κ2) is 19.0. The quantitative estimate of drug-likeness (QED) is 0.0389. The van der Waals surface area contributed by atoms with Crippen molar-refractivity contribution in [1.29, 1.82) is 0 Å². The van der Waals surface area contributed by atoms with E-state index in [4.69, 9.17) is 51.6 Å². The summed E-state index contributed by atoms with van der Waals surface area (Å²) < 4.78 is 30.0. The van der Waals surface area contributed by atoms with Gasteiger partial charge in [-0.3, -0.25) is 14.4 Å². The van der Waals surface area contributed by atoms with Gasteiger partial charge in [0.05, 0.1) is 48.2 Å². The third-order valence-electron chi connectivity index (χ3n) is 11.6. The van der Waals surface area contributed by atoms with Gasteiger partial charge in [0, 0.05) is 43.0 Å². The van der Waals surface area contributed by atoms with E-state index in [9.17, 15) is 14.4 Å². The van der Waals surface area contributed by atoms with Crippen molar-refractivity contribution in [3.05, 3.63) is 106 Å². The van der Waals surface area contributed by atoms with Crippen molar-refractivity contribution in [3.63, 3.8) is 0 Å². The molecule has 2 aliphatic heterocycles. The van der Waals surface area contributed by atoms with Crippen molar-refractivity contribution in [2.45, 2.75) is 64.0 Å². The second-order valence-electron chi connectivity index (χ2n) is 15.3. The lowest BCUT2D eigenvalue weighted by atomic mass is 9.76. The van der Waals surface area contributed by atoms with Crippen molar-refractivity contribution >= 4 is 51.9 Å². The monoisotopic (exact) mass is 844 g/mol. The molecule has 1 amide bonds. The number of aromatic nitrogens is 2. The molecule has 4 heterocycles. The van der Waals surface area contributed by atoms with Gasteiger partial charge in [0.15, 0.2) is 17.3 Å². The topological polar surface area (TPSA) is 126 Å². The molecule has 0 spiro atoms. The number of amides is 1. The summed E-state index contributed by atoms with van der Waals surface area (Å²) >= 11 is 13.0. The van der Waals surface area contributed by atoms with Crippen LogP contribution in [-0.4, -0.2) is 90.6 Å². The van der Waals surface area contributed by atoms with Crippen molar-refractivity contribution in [3.8, 4) is 17.2 Å². The van der Waals surface area contributed by atoms with Gasteiger partial charge in [0.1, 0.15) is 12.4 Å². The van der Waals surface area contributed by atoms with Crippen LogP contribution in [0.5, 0.6) is 17.2 Å². The number of methoxy groups -OCH3 is 2. The standard InChI is InChI=1S/C45H50Cl2N4O8/c1-4-8-40(52)59-42-38(55-2)25-31(26-39(42)56-3)44(54)50-21-17-45(29-50,32-12-13-34(46)35(47)27-32)16-20-49-18-14-30(15-19-49)41(53)43-48-36-10-5-6-11-37(36)51(43)22-24-57-28-33-9-7-23-58-33/h5-7,9-13,23,25-27,30H,4,8,14-22,24,28-29H2,1-3H3. The summed E-state index contributed by atoms with van der Waals surface area (Å²) in [7, 11) is 2.92. The minimum Gasteiger partial charge on any atom is -0.493 e. The van der Waals surface area contributed by atoms with E-state index in [2.05, 4.69) is 4.90 Å². The van der Waals surface area contributed by atoms with Gasteiger partial charge >= 0.3 is 5.97 Å². The van der Waals surface area contributed by atoms with Crippen molar-refractivity contribution < 1.29 is 37.7 Å². The lowest BCUT2D eigenvalue weighted by molar-refractivity contribution is -0.134. The predicted molar refractivity (Wildman–Crippen MR) is 225 cm³/mol. The molecule has 2 fully saturated rings. The van der Waals surface area contributed by atoms with Crippen LogP contribution in [-0.2, 0) is 28.1 Å². The molecule has 0 bridgehead atoms. The molecule has 312 valence electrons. The number of esters is 1. The highest BCUT2D eigenvalue weighted by Crippen LogP contribution is 2.43. The van der Waals surface area contributed by atoms with Crippen LogP contribution in [0.3, 0.4) is 0 Å². The molecule has 5 aromatic rings. The molecule has 0 N–H and O–H groups in total. The Kier molecular flexibility index (Phi) is 13.6. The predicted octanol–water partition coefficient (Wildman–Crippen LogP) is 8.64. The average molecular weight is 846 g/mol. The van der Waals surface area contributed by atoms with E-state index in [1.807, 2.05) is 71.0 Å². The van der Waals surface area contributed by atoms with Crippen molar-refractivity contribution in [1.82, 2.24) is 19.4 Å². The Morgan fingerprint density at radius 3 is 2.37 bits per heavy atom. The number of carbonyl (C=O) groups excluding carboxylic acids is 3. The molecule has 1 unspecified atom stereocenters. The summed E-state index contributed by atoms with van der Waals surface area (Å²) in [6.07, 6.45) is 5.41. The molecular formula is C45H50Cl2N4O8. The summed E-state index contributed by atoms with van der Waals surface area (Å²) in [5.74, 6) is 1.16. The molecule has 7 rings (SSSR count). The van der Waals surface area contributed by atoms with Gasteiger partial charge in [-0.1, -0.05) is 48.3 Å². The third-order valence-corrected chi connectivity index (χ3v) is 12.3. The lowest BCUT2D eigenvalue weighted by Crippen LogP contribution is -2.41. The number of fused-ring (bicyclic) bond motifs is 1. The summed E-state index contributed by atoms with van der Waals surface area (Å²) in [6.45, 7) is 6.43. The average Bonchev–Trinajstić information content (AvgIpc) is 4.02. The van der Waals surface area contributed by atoms with E-state index in [0.29, 0.717) is 67.1 Å². The number of hydrogen-bond acceptors (Lipinski definition) is 10. The molecule has 14 heteroatoms. The van der Waals surface area contributed by atoms with E-state index in [1.54, 1.807) is 18.4 Å². The van der Waals surface area contributed by atoms with Crippen LogP contribution in [0.1, 0.15) is 77.7 Å². The Balaban J connectivity index is 1.02. The highest BCUT2D eigenvalue weighted by Gasteiger charge is 2.42. The van der Waals surface area contributed by atoms with Crippen LogP contribution in [0.25, 0.3) is 11.0 Å². The molecular weight excluding hydrogens is 795 g/mol. The van der Waals surface area contributed by atoms with Crippen LogP contribution in [0, 0.1) is 5.92 Å². The zero-order chi connectivity index (χ0) is 41.5. The van der Waals surface area contributed by atoms with Crippen LogP contribution in [0.2, 0.25) is 10.0 Å². The van der Waals surface area contributed by atoms with E-state index in [1.165, 1.54) is 14.2 Å². The SMILES string of the molecule is CCCC(=O)Oc1c(OC)cc(C(=O)N2CCC(CCN3CCC(C(=O)c4nc5ccccc5n4CCOCc4ccco4)CC3)(c3ccc(Cl)c(Cl)c3)C2)cc1OC. The summed E-state index contributed by atoms with van der Waals surface area (Å²) in [6, 6.07) is 20.5. The molecule has 1 atom stereocenters. The second-order valence-corrected chi connectivity index (χ2v) is 16.1. The zero-order valence-electron chi connectivity index (χ0n) is 33.7. The zero-order valence-corrected chi connectivity index (χ0v) is 35.2. The molecule has 2 aromatic heterocycles. The molecule has 0 radical (unpaired) electrons. The number of imidazole rings is 1. The Hall–Kier alpha value is -4.88. The summed E-state index contributed by atoms with van der Waals surface area (Å²) in [5.41, 5.74) is 2.69. The fourth-order valence-electron chi connectivity index (χ4n) is 8.30. The van der Waals surface area contributed by atoms with Crippen molar-refractivity contribution in [2.24, 2.45) is 5.92 Å². The number of furan rings is 1. The van der Waals surface area contributed by atoms with E-state index >= 15 is 0 Å². The number of ether oxygens (including phenoxy) is 4.